The molecule has 0 saturated carbocycles. The Kier molecular flexibility index (Phi) is 64.2. The van der Waals surface area contributed by atoms with Crippen LogP contribution in [0, 0.1) is 0 Å². The van der Waals surface area contributed by atoms with Crippen molar-refractivity contribution >= 4 is 5.91 Å². The molecule has 0 bridgehead atoms. The molecule has 0 aromatic carbocycles. The topological polar surface area (TPSA) is 69.6 Å². The first-order valence-corrected chi connectivity index (χ1v) is 33.8. The van der Waals surface area contributed by atoms with Crippen molar-refractivity contribution in [3.05, 3.63) is 48.6 Å². The number of hydrogen-bond acceptors (Lipinski definition) is 3. The van der Waals surface area contributed by atoms with Crippen molar-refractivity contribution < 1.29 is 15.0 Å². The van der Waals surface area contributed by atoms with Crippen LogP contribution in [0.4, 0.5) is 0 Å². The lowest BCUT2D eigenvalue weighted by Crippen LogP contribution is -2.45. The highest BCUT2D eigenvalue weighted by atomic mass is 16.3. The molecule has 0 aromatic heterocycles. The average molecular weight is 1040 g/mol. The summed E-state index contributed by atoms with van der Waals surface area (Å²) in [6.07, 6.45) is 91.6. The van der Waals surface area contributed by atoms with Gasteiger partial charge in [-0.1, -0.05) is 364 Å². The lowest BCUT2D eigenvalue weighted by atomic mass is 10.0. The zero-order chi connectivity index (χ0) is 53.4. The minimum atomic E-state index is -0.662. The molecule has 1 amide bonds. The first kappa shape index (κ1) is 72.3. The van der Waals surface area contributed by atoms with Gasteiger partial charge < -0.3 is 15.5 Å². The van der Waals surface area contributed by atoms with Crippen LogP contribution in [-0.4, -0.2) is 34.9 Å². The van der Waals surface area contributed by atoms with E-state index in [1.165, 1.54) is 295 Å². The van der Waals surface area contributed by atoms with Gasteiger partial charge in [0.05, 0.1) is 18.8 Å². The van der Waals surface area contributed by atoms with Crippen molar-refractivity contribution in [2.24, 2.45) is 0 Å². The van der Waals surface area contributed by atoms with E-state index in [0.29, 0.717) is 12.8 Å². The Morgan fingerprint density at radius 3 is 0.892 bits per heavy atom. The van der Waals surface area contributed by atoms with Gasteiger partial charge in [0, 0.05) is 6.42 Å². The van der Waals surface area contributed by atoms with E-state index in [2.05, 4.69) is 67.8 Å². The van der Waals surface area contributed by atoms with Crippen molar-refractivity contribution in [2.75, 3.05) is 6.61 Å². The van der Waals surface area contributed by atoms with Gasteiger partial charge in [0.15, 0.2) is 0 Å². The molecule has 4 heteroatoms. The van der Waals surface area contributed by atoms with Crippen LogP contribution in [0.2, 0.25) is 0 Å². The lowest BCUT2D eigenvalue weighted by molar-refractivity contribution is -0.123. The smallest absolute Gasteiger partial charge is 0.220 e. The van der Waals surface area contributed by atoms with Crippen molar-refractivity contribution in [1.82, 2.24) is 5.32 Å². The second kappa shape index (κ2) is 65.6. The van der Waals surface area contributed by atoms with Gasteiger partial charge in [-0.3, -0.25) is 4.79 Å². The normalized spacial score (nSPS) is 13.0. The summed E-state index contributed by atoms with van der Waals surface area (Å²) in [5, 5.41) is 23.5. The lowest BCUT2D eigenvalue weighted by Gasteiger charge is -2.22. The zero-order valence-corrected chi connectivity index (χ0v) is 50.4. The van der Waals surface area contributed by atoms with Crippen molar-refractivity contribution in [3.63, 3.8) is 0 Å². The van der Waals surface area contributed by atoms with Gasteiger partial charge in [-0.25, -0.2) is 0 Å². The maximum absolute atomic E-state index is 12.6. The van der Waals surface area contributed by atoms with Gasteiger partial charge in [-0.2, -0.15) is 0 Å². The minimum Gasteiger partial charge on any atom is -0.394 e. The fourth-order valence-electron chi connectivity index (χ4n) is 10.8. The monoisotopic (exact) mass is 1040 g/mol. The highest BCUT2D eigenvalue weighted by Crippen LogP contribution is 2.19. The van der Waals surface area contributed by atoms with Gasteiger partial charge in [0.2, 0.25) is 5.91 Å². The van der Waals surface area contributed by atoms with Crippen LogP contribution in [0.1, 0.15) is 373 Å². The second-order valence-electron chi connectivity index (χ2n) is 23.2. The fourth-order valence-corrected chi connectivity index (χ4v) is 10.8. The zero-order valence-electron chi connectivity index (χ0n) is 50.4. The van der Waals surface area contributed by atoms with Gasteiger partial charge in [0.1, 0.15) is 0 Å². The van der Waals surface area contributed by atoms with Crippen molar-refractivity contribution in [3.8, 4) is 0 Å². The highest BCUT2D eigenvalue weighted by Gasteiger charge is 2.20. The molecule has 2 atom stereocenters. The molecule has 0 saturated heterocycles. The van der Waals surface area contributed by atoms with Crippen LogP contribution in [0.3, 0.4) is 0 Å². The Morgan fingerprint density at radius 2 is 0.595 bits per heavy atom. The molecule has 0 heterocycles. The Labute approximate surface area is 464 Å². The number of aliphatic hydroxyl groups is 2. The summed E-state index contributed by atoms with van der Waals surface area (Å²) in [5.41, 5.74) is 0. The summed E-state index contributed by atoms with van der Waals surface area (Å²) in [6, 6.07) is -0.539. The van der Waals surface area contributed by atoms with Crippen LogP contribution < -0.4 is 5.32 Å². The summed E-state index contributed by atoms with van der Waals surface area (Å²) in [7, 11) is 0. The van der Waals surface area contributed by atoms with Crippen LogP contribution in [0.25, 0.3) is 0 Å². The molecular weight excluding hydrogens is 903 g/mol. The first-order chi connectivity index (χ1) is 36.7. The van der Waals surface area contributed by atoms with E-state index in [0.717, 1.165) is 51.4 Å². The standard InChI is InChI=1S/C70H133NO3/c1-3-5-7-9-11-13-15-17-19-21-23-25-27-29-31-33-34-35-36-38-39-41-43-45-47-49-51-53-55-57-59-61-63-65-69(73)68(67-72)71-70(74)66-64-62-60-58-56-54-52-50-48-46-44-42-40-37-32-30-28-26-24-22-20-18-16-14-12-10-8-6-4-2/h6,8,12,14,18,20,24,26,68-69,72-73H,3-5,7,9-11,13,15-17,19,21-23,25,27-67H2,1-2H3,(H,71,74)/b8-6-,14-12-,20-18-,26-24-. The molecule has 436 valence electrons. The summed E-state index contributed by atoms with van der Waals surface area (Å²) in [4.78, 5) is 12.6. The summed E-state index contributed by atoms with van der Waals surface area (Å²) in [6.45, 7) is 4.29. The minimum absolute atomic E-state index is 0.0259. The highest BCUT2D eigenvalue weighted by molar-refractivity contribution is 5.76. The molecule has 2 unspecified atom stereocenters. The number of allylic oxidation sites excluding steroid dienone is 8. The molecule has 0 aromatic rings. The molecular formula is C70H133NO3. The van der Waals surface area contributed by atoms with Gasteiger partial charge in [-0.15, -0.1) is 0 Å². The third-order valence-corrected chi connectivity index (χ3v) is 15.9. The van der Waals surface area contributed by atoms with Crippen LogP contribution >= 0.6 is 0 Å². The van der Waals surface area contributed by atoms with Crippen molar-refractivity contribution in [2.45, 2.75) is 386 Å². The molecule has 0 radical (unpaired) electrons. The van der Waals surface area contributed by atoms with E-state index < -0.39 is 12.1 Å². The molecule has 3 N–H and O–H groups in total. The molecule has 74 heavy (non-hydrogen) atoms. The van der Waals surface area contributed by atoms with Gasteiger partial charge in [0.25, 0.3) is 0 Å². The van der Waals surface area contributed by atoms with E-state index >= 15 is 0 Å². The Balaban J connectivity index is 3.40. The number of hydrogen-bond donors (Lipinski definition) is 3. The van der Waals surface area contributed by atoms with E-state index in [4.69, 9.17) is 0 Å². The van der Waals surface area contributed by atoms with Crippen LogP contribution in [0.5, 0.6) is 0 Å². The predicted molar refractivity (Wildman–Crippen MR) is 331 cm³/mol. The number of amides is 1. The van der Waals surface area contributed by atoms with E-state index in [9.17, 15) is 15.0 Å². The average Bonchev–Trinajstić information content (AvgIpc) is 3.40. The van der Waals surface area contributed by atoms with E-state index in [1.54, 1.807) is 0 Å². The number of rotatable bonds is 63. The Morgan fingerprint density at radius 1 is 0.338 bits per heavy atom. The molecule has 4 nitrogen and oxygen atoms in total. The fraction of sp³-hybridized carbons (Fsp3) is 0.871. The van der Waals surface area contributed by atoms with Crippen molar-refractivity contribution in [1.29, 1.82) is 0 Å². The molecule has 0 aliphatic rings. The number of aliphatic hydroxyl groups excluding tert-OH is 2. The van der Waals surface area contributed by atoms with Gasteiger partial charge in [-0.05, 0) is 51.4 Å². The molecule has 0 spiro atoms. The van der Waals surface area contributed by atoms with Crippen LogP contribution in [0.15, 0.2) is 48.6 Å². The second-order valence-corrected chi connectivity index (χ2v) is 23.2. The maximum atomic E-state index is 12.6. The SMILES string of the molecule is CC/C=C\C/C=C\C/C=C\C/C=C\CCCCCCCCCCCCCCCCCCC(=O)NC(CO)C(O)CCCCCCCCCCCCCCCCCCCCCCCCCCCCCCCCCCC. The summed E-state index contributed by atoms with van der Waals surface area (Å²) < 4.78 is 0. The number of nitrogens with one attached hydrogen (secondary N) is 1. The third-order valence-electron chi connectivity index (χ3n) is 15.9. The number of carbonyl (C=O) groups excluding carboxylic acids is 1. The molecule has 0 aliphatic heterocycles. The molecule has 0 aliphatic carbocycles. The Hall–Kier alpha value is -1.65. The summed E-state index contributed by atoms with van der Waals surface area (Å²) in [5.74, 6) is -0.0259. The summed E-state index contributed by atoms with van der Waals surface area (Å²) >= 11 is 0. The third kappa shape index (κ3) is 61.2. The molecule has 0 rings (SSSR count). The largest absolute Gasteiger partial charge is 0.394 e. The quantitative estimate of drug-likeness (QED) is 0.0420. The van der Waals surface area contributed by atoms with E-state index in [-0.39, 0.29) is 12.5 Å². The number of unbranched alkanes of at least 4 members (excludes halogenated alkanes) is 48. The van der Waals surface area contributed by atoms with E-state index in [1.807, 2.05) is 0 Å². The molecule has 0 fully saturated rings. The van der Waals surface area contributed by atoms with Gasteiger partial charge >= 0.3 is 0 Å². The Bertz CT molecular complexity index is 1170. The first-order valence-electron chi connectivity index (χ1n) is 33.8. The predicted octanol–water partition coefficient (Wildman–Crippen LogP) is 22.9. The van der Waals surface area contributed by atoms with Crippen LogP contribution in [-0.2, 0) is 4.79 Å². The number of carbonyl (C=O) groups is 1. The maximum Gasteiger partial charge on any atom is 0.220 e.